The van der Waals surface area contributed by atoms with Crippen molar-refractivity contribution in [2.45, 2.75) is 31.3 Å². The first-order chi connectivity index (χ1) is 16.0. The van der Waals surface area contributed by atoms with Crippen molar-refractivity contribution in [2.75, 3.05) is 5.32 Å². The Labute approximate surface area is 195 Å². The molecule has 0 saturated heterocycles. The van der Waals surface area contributed by atoms with E-state index in [0.29, 0.717) is 16.7 Å². The van der Waals surface area contributed by atoms with Gasteiger partial charge in [-0.2, -0.15) is 0 Å². The second-order valence-corrected chi connectivity index (χ2v) is 8.60. The van der Waals surface area contributed by atoms with E-state index in [0.717, 1.165) is 29.2 Å². The first-order valence-electron chi connectivity index (χ1n) is 10.8. The number of rotatable bonds is 6. The van der Waals surface area contributed by atoms with Gasteiger partial charge in [0.1, 0.15) is 10.8 Å². The zero-order chi connectivity index (χ0) is 22.8. The summed E-state index contributed by atoms with van der Waals surface area (Å²) in [6.07, 6.45) is 5.40. The maximum atomic E-state index is 12.6. The van der Waals surface area contributed by atoms with Crippen molar-refractivity contribution in [1.82, 2.24) is 19.9 Å². The summed E-state index contributed by atoms with van der Waals surface area (Å²) in [5.74, 6) is 0.188. The van der Waals surface area contributed by atoms with Crippen LogP contribution in [0.25, 0.3) is 10.8 Å². The molecular formula is C25H22ClN5O2. The minimum atomic E-state index is -0.229. The van der Waals surface area contributed by atoms with Crippen molar-refractivity contribution in [3.8, 4) is 0 Å². The first kappa shape index (κ1) is 21.2. The van der Waals surface area contributed by atoms with Gasteiger partial charge in [-0.3, -0.25) is 9.59 Å². The smallest absolute Gasteiger partial charge is 0.270 e. The van der Waals surface area contributed by atoms with Crippen LogP contribution in [0.1, 0.15) is 34.9 Å². The largest absolute Gasteiger partial charge is 0.348 e. The van der Waals surface area contributed by atoms with E-state index in [2.05, 4.69) is 20.6 Å². The monoisotopic (exact) mass is 459 g/mol. The maximum Gasteiger partial charge on any atom is 0.270 e. The number of anilines is 1. The van der Waals surface area contributed by atoms with E-state index >= 15 is 0 Å². The molecule has 2 aromatic heterocycles. The average molecular weight is 460 g/mol. The highest BCUT2D eigenvalue weighted by atomic mass is 35.5. The van der Waals surface area contributed by atoms with Crippen LogP contribution < -0.4 is 10.6 Å². The summed E-state index contributed by atoms with van der Waals surface area (Å²) < 4.78 is 1.98. The number of carbonyl (C=O) groups excluding carboxylic acids is 2. The molecule has 2 amide bonds. The Bertz CT molecular complexity index is 1320. The quantitative estimate of drug-likeness (QED) is 0.418. The number of fused-ring (bicyclic) bond motifs is 1. The lowest BCUT2D eigenvalue weighted by Gasteiger charge is -2.36. The lowest BCUT2D eigenvalue weighted by Crippen LogP contribution is -2.45. The van der Waals surface area contributed by atoms with Gasteiger partial charge >= 0.3 is 0 Å². The van der Waals surface area contributed by atoms with Crippen LogP contribution >= 0.6 is 11.6 Å². The molecule has 166 valence electrons. The van der Waals surface area contributed by atoms with Gasteiger partial charge in [-0.05, 0) is 41.3 Å². The van der Waals surface area contributed by atoms with Crippen molar-refractivity contribution in [2.24, 2.45) is 0 Å². The fourth-order valence-corrected chi connectivity index (χ4v) is 4.31. The van der Waals surface area contributed by atoms with Gasteiger partial charge in [0.25, 0.3) is 5.91 Å². The van der Waals surface area contributed by atoms with E-state index in [9.17, 15) is 9.59 Å². The van der Waals surface area contributed by atoms with Gasteiger partial charge in [-0.15, -0.1) is 0 Å². The number of pyridine rings is 1. The number of carbonyl (C=O) groups is 2. The predicted molar refractivity (Wildman–Crippen MR) is 127 cm³/mol. The minimum Gasteiger partial charge on any atom is -0.348 e. The summed E-state index contributed by atoms with van der Waals surface area (Å²) in [5, 5.41) is 8.35. The zero-order valence-corrected chi connectivity index (χ0v) is 18.5. The molecule has 8 heteroatoms. The number of nitrogens with zero attached hydrogens (tertiary/aromatic N) is 3. The van der Waals surface area contributed by atoms with Crippen molar-refractivity contribution < 1.29 is 9.59 Å². The lowest BCUT2D eigenvalue weighted by molar-refractivity contribution is -0.115. The Kier molecular flexibility index (Phi) is 5.79. The molecule has 1 aliphatic carbocycles. The third kappa shape index (κ3) is 4.73. The van der Waals surface area contributed by atoms with E-state index in [1.807, 2.05) is 53.2 Å². The summed E-state index contributed by atoms with van der Waals surface area (Å²) in [6.45, 7) is 0. The molecule has 0 spiro atoms. The second kappa shape index (κ2) is 9.03. The third-order valence-electron chi connectivity index (χ3n) is 5.92. The van der Waals surface area contributed by atoms with E-state index in [1.165, 1.54) is 0 Å². The molecule has 5 rings (SSSR count). The Morgan fingerprint density at radius 3 is 2.67 bits per heavy atom. The van der Waals surface area contributed by atoms with Gasteiger partial charge in [-0.1, -0.05) is 60.1 Å². The number of benzene rings is 2. The van der Waals surface area contributed by atoms with Crippen molar-refractivity contribution in [3.05, 3.63) is 89.6 Å². The van der Waals surface area contributed by atoms with Crippen LogP contribution in [-0.2, 0) is 11.2 Å². The van der Waals surface area contributed by atoms with Crippen LogP contribution in [0.4, 0.5) is 5.82 Å². The maximum absolute atomic E-state index is 12.6. The summed E-state index contributed by atoms with van der Waals surface area (Å²) in [5.41, 5.74) is 1.29. The fraction of sp³-hybridized carbons (Fsp3) is 0.200. The Hall–Kier alpha value is -3.71. The van der Waals surface area contributed by atoms with Gasteiger partial charge < -0.3 is 15.2 Å². The van der Waals surface area contributed by atoms with Crippen LogP contribution in [0, 0.1) is 0 Å². The average Bonchev–Trinajstić information content (AvgIpc) is 3.23. The SMILES string of the molecule is O=C(Cc1cccc2ccccc12)Nc1cn(C2CC(NC(=O)c3cccc(Cl)n3)C2)cn1. The van der Waals surface area contributed by atoms with E-state index in [4.69, 9.17) is 11.6 Å². The topological polar surface area (TPSA) is 88.9 Å². The second-order valence-electron chi connectivity index (χ2n) is 8.21. The highest BCUT2D eigenvalue weighted by Gasteiger charge is 2.32. The van der Waals surface area contributed by atoms with Crippen LogP contribution in [0.15, 0.2) is 73.2 Å². The number of imidazole rings is 1. The number of hydrogen-bond donors (Lipinski definition) is 2. The van der Waals surface area contributed by atoms with Gasteiger partial charge in [0.05, 0.1) is 12.7 Å². The minimum absolute atomic E-state index is 0.0649. The Morgan fingerprint density at radius 2 is 1.82 bits per heavy atom. The standard InChI is InChI=1S/C25H22ClN5O2/c26-22-10-4-9-21(29-22)25(33)28-18-12-19(13-18)31-14-23(27-15-31)30-24(32)11-17-7-3-6-16-5-1-2-8-20(16)17/h1-10,14-15,18-19H,11-13H2,(H,28,33)(H,30,32). The number of aromatic nitrogens is 3. The summed E-state index contributed by atoms with van der Waals surface area (Å²) >= 11 is 5.85. The van der Waals surface area contributed by atoms with Crippen LogP contribution in [0.5, 0.6) is 0 Å². The highest BCUT2D eigenvalue weighted by molar-refractivity contribution is 6.29. The summed E-state index contributed by atoms with van der Waals surface area (Å²) in [4.78, 5) is 33.3. The highest BCUT2D eigenvalue weighted by Crippen LogP contribution is 2.33. The van der Waals surface area contributed by atoms with Crippen molar-refractivity contribution in [1.29, 1.82) is 0 Å². The number of hydrogen-bond acceptors (Lipinski definition) is 4. The molecule has 1 saturated carbocycles. The summed E-state index contributed by atoms with van der Waals surface area (Å²) in [7, 11) is 0. The molecule has 1 aliphatic rings. The van der Waals surface area contributed by atoms with Gasteiger partial charge in [0.2, 0.25) is 5.91 Å². The molecule has 0 radical (unpaired) electrons. The zero-order valence-electron chi connectivity index (χ0n) is 17.7. The molecule has 0 aliphatic heterocycles. The molecule has 4 aromatic rings. The number of nitrogens with one attached hydrogen (secondary N) is 2. The Morgan fingerprint density at radius 1 is 1.03 bits per heavy atom. The fourth-order valence-electron chi connectivity index (χ4n) is 4.15. The number of amides is 2. The van der Waals surface area contributed by atoms with E-state index in [1.54, 1.807) is 24.5 Å². The first-order valence-corrected chi connectivity index (χ1v) is 11.2. The van der Waals surface area contributed by atoms with Crippen LogP contribution in [-0.4, -0.2) is 32.4 Å². The molecule has 33 heavy (non-hydrogen) atoms. The molecule has 0 bridgehead atoms. The van der Waals surface area contributed by atoms with Crippen molar-refractivity contribution >= 4 is 40.0 Å². The van der Waals surface area contributed by atoms with E-state index < -0.39 is 0 Å². The van der Waals surface area contributed by atoms with Gasteiger partial charge in [0, 0.05) is 18.3 Å². The Balaban J connectivity index is 1.14. The molecular weight excluding hydrogens is 438 g/mol. The molecule has 7 nitrogen and oxygen atoms in total. The van der Waals surface area contributed by atoms with Crippen LogP contribution in [0.3, 0.4) is 0 Å². The summed E-state index contributed by atoms with van der Waals surface area (Å²) in [6, 6.07) is 19.3. The molecule has 1 fully saturated rings. The van der Waals surface area contributed by atoms with Crippen LogP contribution in [0.2, 0.25) is 5.15 Å². The molecule has 0 unspecified atom stereocenters. The van der Waals surface area contributed by atoms with Crippen molar-refractivity contribution in [3.63, 3.8) is 0 Å². The number of halogens is 1. The normalized spacial score (nSPS) is 17.4. The molecule has 0 atom stereocenters. The van der Waals surface area contributed by atoms with Gasteiger partial charge in [0.15, 0.2) is 5.82 Å². The lowest BCUT2D eigenvalue weighted by atomic mass is 9.86. The molecule has 2 aromatic carbocycles. The predicted octanol–water partition coefficient (Wildman–Crippen LogP) is 4.40. The van der Waals surface area contributed by atoms with E-state index in [-0.39, 0.29) is 30.3 Å². The molecule has 2 heterocycles. The molecule has 2 N–H and O–H groups in total. The third-order valence-corrected chi connectivity index (χ3v) is 6.13. The van der Waals surface area contributed by atoms with Gasteiger partial charge in [-0.25, -0.2) is 9.97 Å².